The number of hydrogen-bond acceptors (Lipinski definition) is 4. The Bertz CT molecular complexity index is 1150. The molecule has 0 saturated heterocycles. The quantitative estimate of drug-likeness (QED) is 0.594. The van der Waals surface area contributed by atoms with Crippen LogP contribution in [-0.4, -0.2) is 41.6 Å². The molecule has 7 heteroatoms. The maximum Gasteiger partial charge on any atom is 0.341 e. The van der Waals surface area contributed by atoms with Crippen molar-refractivity contribution in [3.05, 3.63) is 66.0 Å². The number of H-pyrrole nitrogens is 1. The molecule has 0 radical (unpaired) electrons. The number of aromatic amines is 1. The number of nitrogens with one attached hydrogen (secondary N) is 2. The molecule has 2 heterocycles. The summed E-state index contributed by atoms with van der Waals surface area (Å²) in [6.07, 6.45) is 2.16. The molecule has 0 aliphatic carbocycles. The van der Waals surface area contributed by atoms with Crippen molar-refractivity contribution in [3.8, 4) is 5.75 Å². The van der Waals surface area contributed by atoms with Crippen LogP contribution in [0.1, 0.15) is 25.1 Å². The van der Waals surface area contributed by atoms with Gasteiger partial charge in [-0.2, -0.15) is 0 Å². The Morgan fingerprint density at radius 3 is 2.65 bits per heavy atom. The van der Waals surface area contributed by atoms with Crippen LogP contribution in [0.4, 0.5) is 10.5 Å². The topological polar surface area (TPSA) is 83.7 Å². The number of para-hydroxylation sites is 3. The maximum atomic E-state index is 13.1. The van der Waals surface area contributed by atoms with Crippen molar-refractivity contribution in [2.45, 2.75) is 20.3 Å². The molecule has 0 atom stereocenters. The molecule has 2 amide bonds. The highest BCUT2D eigenvalue weighted by Gasteiger charge is 2.27. The monoisotopic (exact) mass is 419 g/mol. The number of rotatable bonds is 5. The number of amides is 2. The molecular weight excluding hydrogens is 394 g/mol. The average molecular weight is 419 g/mol. The number of nitrogens with zero attached hydrogens (tertiary/aromatic N) is 1. The summed E-state index contributed by atoms with van der Waals surface area (Å²) in [7, 11) is 0. The second kappa shape index (κ2) is 8.95. The molecule has 2 aromatic carbocycles. The minimum atomic E-state index is -0.468. The van der Waals surface area contributed by atoms with Crippen molar-refractivity contribution in [1.82, 2.24) is 9.88 Å². The number of hydrogen-bond donors (Lipinski definition) is 2. The number of benzene rings is 2. The molecule has 1 aromatic heterocycles. The largest absolute Gasteiger partial charge is 0.492 e. The van der Waals surface area contributed by atoms with E-state index in [0.29, 0.717) is 42.3 Å². The zero-order valence-corrected chi connectivity index (χ0v) is 17.6. The van der Waals surface area contributed by atoms with Crippen molar-refractivity contribution in [3.63, 3.8) is 0 Å². The number of carbonyl (C=O) groups excluding carboxylic acids is 2. The summed E-state index contributed by atoms with van der Waals surface area (Å²) in [6.45, 7) is 4.81. The van der Waals surface area contributed by atoms with Crippen LogP contribution < -0.4 is 10.1 Å². The second-order valence-electron chi connectivity index (χ2n) is 7.09. The normalized spacial score (nSPS) is 13.2. The number of ether oxygens (including phenoxy) is 2. The molecule has 1 aliphatic heterocycles. The van der Waals surface area contributed by atoms with Gasteiger partial charge in [0.15, 0.2) is 0 Å². The second-order valence-corrected chi connectivity index (χ2v) is 7.09. The van der Waals surface area contributed by atoms with Crippen LogP contribution in [0, 0.1) is 0 Å². The maximum absolute atomic E-state index is 13.1. The lowest BCUT2D eigenvalue weighted by molar-refractivity contribution is -0.136. The Kier molecular flexibility index (Phi) is 5.93. The molecule has 160 valence electrons. The van der Waals surface area contributed by atoms with E-state index in [4.69, 9.17) is 9.47 Å². The highest BCUT2D eigenvalue weighted by molar-refractivity contribution is 6.18. The van der Waals surface area contributed by atoms with Crippen LogP contribution in [0.25, 0.3) is 16.5 Å². The van der Waals surface area contributed by atoms with Crippen LogP contribution in [0.15, 0.2) is 54.7 Å². The Balaban J connectivity index is 1.68. The van der Waals surface area contributed by atoms with E-state index in [1.54, 1.807) is 25.3 Å². The zero-order chi connectivity index (χ0) is 21.8. The molecule has 0 unspecified atom stereocenters. The molecule has 7 nitrogen and oxygen atoms in total. The summed E-state index contributed by atoms with van der Waals surface area (Å²) in [4.78, 5) is 30.7. The minimum Gasteiger partial charge on any atom is -0.492 e. The van der Waals surface area contributed by atoms with Crippen LogP contribution in [-0.2, 0) is 16.0 Å². The third kappa shape index (κ3) is 4.12. The minimum absolute atomic E-state index is 0.250. The van der Waals surface area contributed by atoms with Gasteiger partial charge in [0.1, 0.15) is 5.75 Å². The molecule has 0 saturated carbocycles. The van der Waals surface area contributed by atoms with Crippen molar-refractivity contribution >= 4 is 34.2 Å². The predicted molar refractivity (Wildman–Crippen MR) is 120 cm³/mol. The molecule has 0 bridgehead atoms. The summed E-state index contributed by atoms with van der Waals surface area (Å²) >= 11 is 0. The summed E-state index contributed by atoms with van der Waals surface area (Å²) in [5.74, 6) is 0.128. The number of aromatic nitrogens is 1. The van der Waals surface area contributed by atoms with Gasteiger partial charge in [0.25, 0.3) is 0 Å². The van der Waals surface area contributed by atoms with Gasteiger partial charge in [0, 0.05) is 23.6 Å². The number of anilines is 1. The van der Waals surface area contributed by atoms with Crippen LogP contribution in [0.2, 0.25) is 0 Å². The summed E-state index contributed by atoms with van der Waals surface area (Å²) in [6, 6.07) is 14.8. The molecule has 2 N–H and O–H groups in total. The molecule has 0 spiro atoms. The average Bonchev–Trinajstić information content (AvgIpc) is 3.02. The lowest BCUT2D eigenvalue weighted by Gasteiger charge is -2.19. The Morgan fingerprint density at radius 1 is 1.06 bits per heavy atom. The van der Waals surface area contributed by atoms with Crippen molar-refractivity contribution in [1.29, 1.82) is 0 Å². The van der Waals surface area contributed by atoms with Gasteiger partial charge in [-0.3, -0.25) is 4.90 Å². The Hall–Kier alpha value is -3.74. The molecular formula is C24H25N3O4. The van der Waals surface area contributed by atoms with Crippen molar-refractivity contribution < 1.29 is 19.1 Å². The van der Waals surface area contributed by atoms with E-state index < -0.39 is 5.97 Å². The first-order valence-corrected chi connectivity index (χ1v) is 10.4. The fourth-order valence-corrected chi connectivity index (χ4v) is 3.77. The molecule has 3 aromatic rings. The Morgan fingerprint density at radius 2 is 1.84 bits per heavy atom. The van der Waals surface area contributed by atoms with Gasteiger partial charge in [-0.25, -0.2) is 9.59 Å². The van der Waals surface area contributed by atoms with Gasteiger partial charge in [-0.15, -0.1) is 0 Å². The van der Waals surface area contributed by atoms with E-state index in [2.05, 4.69) is 10.3 Å². The van der Waals surface area contributed by atoms with E-state index in [0.717, 1.165) is 16.5 Å². The number of fused-ring (bicyclic) bond motifs is 3. The zero-order valence-electron chi connectivity index (χ0n) is 17.6. The first kappa shape index (κ1) is 20.5. The lowest BCUT2D eigenvalue weighted by atomic mass is 10.0. The van der Waals surface area contributed by atoms with Gasteiger partial charge >= 0.3 is 12.0 Å². The Labute approximate surface area is 180 Å². The summed E-state index contributed by atoms with van der Waals surface area (Å²) in [5, 5.41) is 3.93. The summed E-state index contributed by atoms with van der Waals surface area (Å²) in [5.41, 5.74) is 3.56. The van der Waals surface area contributed by atoms with Gasteiger partial charge in [-0.1, -0.05) is 30.3 Å². The van der Waals surface area contributed by atoms with Crippen molar-refractivity contribution in [2.75, 3.05) is 25.1 Å². The van der Waals surface area contributed by atoms with E-state index in [-0.39, 0.29) is 12.6 Å². The predicted octanol–water partition coefficient (Wildman–Crippen LogP) is 4.56. The number of urea groups is 1. The van der Waals surface area contributed by atoms with Gasteiger partial charge in [0.2, 0.25) is 0 Å². The van der Waals surface area contributed by atoms with Crippen LogP contribution in [0.5, 0.6) is 5.75 Å². The van der Waals surface area contributed by atoms with E-state index >= 15 is 0 Å². The third-order valence-electron chi connectivity index (χ3n) is 5.16. The number of carbonyl (C=O) groups is 2. The van der Waals surface area contributed by atoms with Gasteiger partial charge in [-0.05, 0) is 44.0 Å². The van der Waals surface area contributed by atoms with Crippen LogP contribution in [0.3, 0.4) is 0 Å². The standard InChI is InChI=1S/C24H25N3O4/c1-3-30-21-12-8-7-11-20(21)26-24(29)27-14-13-17-16-9-5-6-10-19(16)25-22(17)18(15-27)23(28)31-4-2/h5-12,15,25H,3-4,13-14H2,1-2H3,(H,26,29). The highest BCUT2D eigenvalue weighted by atomic mass is 16.5. The molecule has 0 fully saturated rings. The summed E-state index contributed by atoms with van der Waals surface area (Å²) < 4.78 is 10.9. The number of esters is 1. The lowest BCUT2D eigenvalue weighted by Crippen LogP contribution is -2.32. The third-order valence-corrected chi connectivity index (χ3v) is 5.16. The van der Waals surface area contributed by atoms with E-state index in [1.807, 2.05) is 43.3 Å². The molecule has 1 aliphatic rings. The smallest absolute Gasteiger partial charge is 0.341 e. The molecule has 4 rings (SSSR count). The van der Waals surface area contributed by atoms with Gasteiger partial charge in [0.05, 0.1) is 30.2 Å². The van der Waals surface area contributed by atoms with E-state index in [9.17, 15) is 9.59 Å². The highest BCUT2D eigenvalue weighted by Crippen LogP contribution is 2.32. The first-order valence-electron chi connectivity index (χ1n) is 10.4. The fourth-order valence-electron chi connectivity index (χ4n) is 3.77. The molecule has 31 heavy (non-hydrogen) atoms. The van der Waals surface area contributed by atoms with E-state index in [1.165, 1.54) is 4.90 Å². The fraction of sp³-hybridized carbons (Fsp3) is 0.250. The SMILES string of the molecule is CCOC(=O)C1=CN(C(=O)Nc2ccccc2OCC)CCc2c1[nH]c1ccccc21. The van der Waals surface area contributed by atoms with Crippen molar-refractivity contribution in [2.24, 2.45) is 0 Å². The van der Waals surface area contributed by atoms with Crippen LogP contribution >= 0.6 is 0 Å². The van der Waals surface area contributed by atoms with Gasteiger partial charge < -0.3 is 19.8 Å². The first-order chi connectivity index (χ1) is 15.1.